The Kier molecular flexibility index (Phi) is 2.57. The molecule has 1 aromatic carbocycles. The number of aromatic hydroxyl groups is 2. The van der Waals surface area contributed by atoms with Gasteiger partial charge in [-0.05, 0) is 31.0 Å². The topological polar surface area (TPSA) is 60.7 Å². The van der Waals surface area contributed by atoms with Crippen LogP contribution in [0.5, 0.6) is 11.5 Å². The first-order valence-electron chi connectivity index (χ1n) is 5.37. The first-order valence-corrected chi connectivity index (χ1v) is 5.37. The quantitative estimate of drug-likeness (QED) is 0.620. The molecule has 0 bridgehead atoms. The number of hydrogen-bond acceptors (Lipinski definition) is 3. The van der Waals surface area contributed by atoms with E-state index in [1.54, 1.807) is 0 Å². The van der Waals surface area contributed by atoms with E-state index < -0.39 is 5.60 Å². The highest BCUT2D eigenvalue weighted by atomic mass is 16.3. The third-order valence-electron chi connectivity index (χ3n) is 3.16. The molecule has 3 nitrogen and oxygen atoms in total. The Morgan fingerprint density at radius 2 is 1.67 bits per heavy atom. The van der Waals surface area contributed by atoms with Crippen molar-refractivity contribution in [2.45, 2.75) is 37.7 Å². The van der Waals surface area contributed by atoms with E-state index in [-0.39, 0.29) is 11.5 Å². The molecule has 0 amide bonds. The van der Waals surface area contributed by atoms with Crippen molar-refractivity contribution in [1.82, 2.24) is 0 Å². The Bertz CT molecular complexity index is 354. The lowest BCUT2D eigenvalue weighted by Crippen LogP contribution is -2.28. The Morgan fingerprint density at radius 3 is 2.33 bits per heavy atom. The van der Waals surface area contributed by atoms with Gasteiger partial charge >= 0.3 is 0 Å². The molecule has 0 atom stereocenters. The van der Waals surface area contributed by atoms with Gasteiger partial charge in [-0.15, -0.1) is 0 Å². The summed E-state index contributed by atoms with van der Waals surface area (Å²) in [7, 11) is 0. The molecule has 0 spiro atoms. The van der Waals surface area contributed by atoms with Crippen molar-refractivity contribution in [3.8, 4) is 11.5 Å². The highest BCUT2D eigenvalue weighted by Crippen LogP contribution is 2.41. The average molecular weight is 208 g/mol. The van der Waals surface area contributed by atoms with Crippen LogP contribution in [0, 0.1) is 0 Å². The number of phenols is 2. The third kappa shape index (κ3) is 1.92. The fourth-order valence-corrected chi connectivity index (χ4v) is 2.30. The lowest BCUT2D eigenvalue weighted by molar-refractivity contribution is -0.00270. The van der Waals surface area contributed by atoms with Gasteiger partial charge < -0.3 is 15.3 Å². The van der Waals surface area contributed by atoms with Crippen LogP contribution in [0.15, 0.2) is 18.2 Å². The van der Waals surface area contributed by atoms with E-state index in [4.69, 9.17) is 0 Å². The molecular weight excluding hydrogens is 192 g/mol. The minimum atomic E-state index is -0.957. The van der Waals surface area contributed by atoms with Crippen molar-refractivity contribution in [3.05, 3.63) is 23.8 Å². The van der Waals surface area contributed by atoms with Crippen molar-refractivity contribution in [1.29, 1.82) is 0 Å². The Labute approximate surface area is 89.0 Å². The predicted octanol–water partition coefficient (Wildman–Crippen LogP) is 2.25. The molecule has 1 aliphatic carbocycles. The highest BCUT2D eigenvalue weighted by molar-refractivity contribution is 5.42. The molecule has 1 saturated carbocycles. The van der Waals surface area contributed by atoms with Crippen LogP contribution in [0.4, 0.5) is 0 Å². The zero-order chi connectivity index (χ0) is 10.9. The van der Waals surface area contributed by atoms with Gasteiger partial charge in [0, 0.05) is 5.56 Å². The summed E-state index contributed by atoms with van der Waals surface area (Å²) in [6.45, 7) is 0. The van der Waals surface area contributed by atoms with Gasteiger partial charge in [0.2, 0.25) is 0 Å². The summed E-state index contributed by atoms with van der Waals surface area (Å²) in [6.07, 6.45) is 4.37. The second-order valence-corrected chi connectivity index (χ2v) is 4.29. The molecule has 0 aliphatic heterocycles. The van der Waals surface area contributed by atoms with E-state index in [1.165, 1.54) is 18.2 Å². The molecule has 2 rings (SSSR count). The van der Waals surface area contributed by atoms with Crippen molar-refractivity contribution >= 4 is 0 Å². The average Bonchev–Trinajstić information content (AvgIpc) is 2.23. The van der Waals surface area contributed by atoms with Crippen LogP contribution < -0.4 is 0 Å². The maximum absolute atomic E-state index is 10.4. The van der Waals surface area contributed by atoms with Gasteiger partial charge in [0.25, 0.3) is 0 Å². The fraction of sp³-hybridized carbons (Fsp3) is 0.500. The normalized spacial score (nSPS) is 20.1. The van der Waals surface area contributed by atoms with Crippen molar-refractivity contribution in [2.75, 3.05) is 0 Å². The number of rotatable bonds is 1. The van der Waals surface area contributed by atoms with Gasteiger partial charge in [-0.1, -0.05) is 19.3 Å². The largest absolute Gasteiger partial charge is 0.508 e. The molecule has 1 fully saturated rings. The minimum absolute atomic E-state index is 0.0669. The molecule has 3 N–H and O–H groups in total. The summed E-state index contributed by atoms with van der Waals surface area (Å²) in [5.74, 6) is 0.152. The van der Waals surface area contributed by atoms with E-state index in [1.807, 2.05) is 0 Å². The van der Waals surface area contributed by atoms with E-state index in [0.29, 0.717) is 18.4 Å². The van der Waals surface area contributed by atoms with Gasteiger partial charge in [0.1, 0.15) is 11.5 Å². The summed E-state index contributed by atoms with van der Waals surface area (Å²) >= 11 is 0. The summed E-state index contributed by atoms with van der Waals surface area (Å²) in [5, 5.41) is 29.4. The molecule has 0 saturated heterocycles. The van der Waals surface area contributed by atoms with Crippen molar-refractivity contribution in [2.24, 2.45) is 0 Å². The molecule has 0 heterocycles. The maximum Gasteiger partial charge on any atom is 0.121 e. The zero-order valence-electron chi connectivity index (χ0n) is 8.61. The van der Waals surface area contributed by atoms with E-state index in [2.05, 4.69) is 0 Å². The molecule has 15 heavy (non-hydrogen) atoms. The van der Waals surface area contributed by atoms with Crippen LogP contribution in [0.3, 0.4) is 0 Å². The Balaban J connectivity index is 2.38. The van der Waals surface area contributed by atoms with Crippen LogP contribution in [0.25, 0.3) is 0 Å². The smallest absolute Gasteiger partial charge is 0.121 e. The first-order chi connectivity index (χ1) is 7.12. The number of hydrogen-bond donors (Lipinski definition) is 3. The van der Waals surface area contributed by atoms with Gasteiger partial charge in [-0.25, -0.2) is 0 Å². The van der Waals surface area contributed by atoms with Gasteiger partial charge in [0.05, 0.1) is 5.60 Å². The maximum atomic E-state index is 10.4. The predicted molar refractivity (Wildman–Crippen MR) is 56.8 cm³/mol. The Morgan fingerprint density at radius 1 is 1.00 bits per heavy atom. The first kappa shape index (κ1) is 10.3. The van der Waals surface area contributed by atoms with Crippen LogP contribution >= 0.6 is 0 Å². The standard InChI is InChI=1S/C12H16O3/c13-9-4-5-11(14)10(8-9)12(15)6-2-1-3-7-12/h4-5,8,13-15H,1-3,6-7H2. The Hall–Kier alpha value is -1.22. The lowest BCUT2D eigenvalue weighted by Gasteiger charge is -2.32. The van der Waals surface area contributed by atoms with Crippen molar-refractivity contribution in [3.63, 3.8) is 0 Å². The second-order valence-electron chi connectivity index (χ2n) is 4.29. The van der Waals surface area contributed by atoms with Crippen LogP contribution in [-0.4, -0.2) is 15.3 Å². The molecule has 82 valence electrons. The van der Waals surface area contributed by atoms with E-state index >= 15 is 0 Å². The second kappa shape index (κ2) is 3.74. The number of phenolic OH excluding ortho intramolecular Hbond substituents is 2. The minimum Gasteiger partial charge on any atom is -0.508 e. The lowest BCUT2D eigenvalue weighted by atomic mass is 9.79. The number of benzene rings is 1. The van der Waals surface area contributed by atoms with Gasteiger partial charge in [0.15, 0.2) is 0 Å². The fourth-order valence-electron chi connectivity index (χ4n) is 2.30. The molecule has 1 aromatic rings. The molecule has 0 unspecified atom stereocenters. The van der Waals surface area contributed by atoms with E-state index in [9.17, 15) is 15.3 Å². The summed E-state index contributed by atoms with van der Waals surface area (Å²) in [4.78, 5) is 0. The molecule has 1 aliphatic rings. The van der Waals surface area contributed by atoms with Gasteiger partial charge in [-0.3, -0.25) is 0 Å². The van der Waals surface area contributed by atoms with Crippen molar-refractivity contribution < 1.29 is 15.3 Å². The third-order valence-corrected chi connectivity index (χ3v) is 3.16. The molecule has 0 aromatic heterocycles. The summed E-state index contributed by atoms with van der Waals surface area (Å²) in [5.41, 5.74) is -0.497. The number of aliphatic hydroxyl groups is 1. The zero-order valence-corrected chi connectivity index (χ0v) is 8.61. The van der Waals surface area contributed by atoms with Crippen LogP contribution in [0.2, 0.25) is 0 Å². The van der Waals surface area contributed by atoms with Gasteiger partial charge in [-0.2, -0.15) is 0 Å². The highest BCUT2D eigenvalue weighted by Gasteiger charge is 2.33. The SMILES string of the molecule is Oc1ccc(O)c(C2(O)CCCCC2)c1. The molecule has 0 radical (unpaired) electrons. The van der Waals surface area contributed by atoms with Crippen LogP contribution in [0.1, 0.15) is 37.7 Å². The monoisotopic (exact) mass is 208 g/mol. The van der Waals surface area contributed by atoms with E-state index in [0.717, 1.165) is 19.3 Å². The van der Waals surface area contributed by atoms with Crippen LogP contribution in [-0.2, 0) is 5.60 Å². The molecular formula is C12H16O3. The summed E-state index contributed by atoms with van der Waals surface area (Å²) in [6, 6.07) is 4.31. The summed E-state index contributed by atoms with van der Waals surface area (Å²) < 4.78 is 0. The molecule has 3 heteroatoms.